The number of likely N-dealkylation sites (tertiary alicyclic amines) is 1. The van der Waals surface area contributed by atoms with Gasteiger partial charge in [-0.2, -0.15) is 0 Å². The van der Waals surface area contributed by atoms with Crippen molar-refractivity contribution in [1.82, 2.24) is 15.2 Å². The van der Waals surface area contributed by atoms with E-state index >= 15 is 0 Å². The Morgan fingerprint density at radius 3 is 3.00 bits per heavy atom. The molecule has 4 heterocycles. The summed E-state index contributed by atoms with van der Waals surface area (Å²) in [6, 6.07) is 5.66. The van der Waals surface area contributed by atoms with E-state index in [0.29, 0.717) is 19.6 Å². The summed E-state index contributed by atoms with van der Waals surface area (Å²) in [5, 5.41) is 2.92. The van der Waals surface area contributed by atoms with E-state index in [9.17, 15) is 4.79 Å². The predicted octanol–water partition coefficient (Wildman–Crippen LogP) is 2.64. The molecule has 0 aliphatic carbocycles. The van der Waals surface area contributed by atoms with Gasteiger partial charge >= 0.3 is 6.03 Å². The van der Waals surface area contributed by atoms with Gasteiger partial charge in [-0.3, -0.25) is 0 Å². The topological polar surface area (TPSA) is 70.8 Å². The van der Waals surface area contributed by atoms with Crippen LogP contribution in [0.2, 0.25) is 0 Å². The molecule has 2 aromatic heterocycles. The fourth-order valence-electron chi connectivity index (χ4n) is 3.51. The number of anilines is 1. The monoisotopic (exact) mass is 356 g/mol. The number of pyridine rings is 1. The van der Waals surface area contributed by atoms with Crippen LogP contribution < -0.4 is 15.0 Å². The Morgan fingerprint density at radius 1 is 1.31 bits per heavy atom. The summed E-state index contributed by atoms with van der Waals surface area (Å²) in [5.74, 6) is 1.74. The molecule has 1 atom stereocenters. The second kappa shape index (κ2) is 7.68. The molecule has 2 fully saturated rings. The number of nitrogens with zero attached hydrogens (tertiary/aromatic N) is 3. The largest absolute Gasteiger partial charge is 0.485 e. The zero-order valence-corrected chi connectivity index (χ0v) is 14.8. The highest BCUT2D eigenvalue weighted by atomic mass is 16.5. The van der Waals surface area contributed by atoms with Gasteiger partial charge in [0.2, 0.25) is 0 Å². The molecular formula is C19H24N4O3. The van der Waals surface area contributed by atoms with Crippen molar-refractivity contribution in [2.75, 3.05) is 31.1 Å². The van der Waals surface area contributed by atoms with Gasteiger partial charge in [0.1, 0.15) is 6.10 Å². The molecule has 2 aliphatic heterocycles. The summed E-state index contributed by atoms with van der Waals surface area (Å²) in [6.07, 6.45) is 8.28. The lowest BCUT2D eigenvalue weighted by atomic mass is 10.3. The lowest BCUT2D eigenvalue weighted by Gasteiger charge is -2.22. The Labute approximate surface area is 152 Å². The van der Waals surface area contributed by atoms with Crippen molar-refractivity contribution >= 4 is 11.8 Å². The number of urea groups is 1. The van der Waals surface area contributed by atoms with Gasteiger partial charge in [0.25, 0.3) is 0 Å². The molecule has 1 N–H and O–H groups in total. The number of carbonyl (C=O) groups excluding carboxylic acids is 1. The zero-order valence-electron chi connectivity index (χ0n) is 14.8. The van der Waals surface area contributed by atoms with Gasteiger partial charge in [-0.05, 0) is 31.0 Å². The highest BCUT2D eigenvalue weighted by Gasteiger charge is 2.29. The first-order valence-corrected chi connectivity index (χ1v) is 9.20. The van der Waals surface area contributed by atoms with Crippen LogP contribution in [-0.2, 0) is 6.54 Å². The van der Waals surface area contributed by atoms with Crippen molar-refractivity contribution in [3.8, 4) is 5.75 Å². The molecule has 0 saturated carbocycles. The molecule has 2 aromatic rings. The van der Waals surface area contributed by atoms with E-state index in [1.807, 2.05) is 24.4 Å². The van der Waals surface area contributed by atoms with Crippen LogP contribution in [0.5, 0.6) is 5.75 Å². The first-order valence-electron chi connectivity index (χ1n) is 9.20. The minimum absolute atomic E-state index is 0.000211. The number of furan rings is 1. The Morgan fingerprint density at radius 2 is 2.19 bits per heavy atom. The van der Waals surface area contributed by atoms with Crippen LogP contribution in [0, 0.1) is 0 Å². The molecule has 0 bridgehead atoms. The fourth-order valence-corrected chi connectivity index (χ4v) is 3.51. The van der Waals surface area contributed by atoms with Crippen LogP contribution in [0.1, 0.15) is 24.8 Å². The van der Waals surface area contributed by atoms with Crippen molar-refractivity contribution < 1.29 is 13.9 Å². The number of aromatic nitrogens is 1. The van der Waals surface area contributed by atoms with E-state index in [4.69, 9.17) is 9.15 Å². The smallest absolute Gasteiger partial charge is 0.317 e. The van der Waals surface area contributed by atoms with Crippen LogP contribution in [0.15, 0.2) is 41.3 Å². The summed E-state index contributed by atoms with van der Waals surface area (Å²) < 4.78 is 11.2. The Bertz CT molecular complexity index is 728. The quantitative estimate of drug-likeness (QED) is 0.892. The van der Waals surface area contributed by atoms with Crippen molar-refractivity contribution in [2.24, 2.45) is 0 Å². The van der Waals surface area contributed by atoms with Crippen molar-refractivity contribution in [2.45, 2.75) is 31.9 Å². The summed E-state index contributed by atoms with van der Waals surface area (Å²) in [4.78, 5) is 20.9. The Hall–Kier alpha value is -2.70. The number of carbonyl (C=O) groups is 1. The number of amides is 2. The van der Waals surface area contributed by atoms with Crippen LogP contribution in [0.3, 0.4) is 0 Å². The molecule has 2 saturated heterocycles. The number of rotatable bonds is 5. The Kier molecular flexibility index (Phi) is 4.95. The second-order valence-corrected chi connectivity index (χ2v) is 6.78. The number of nitrogens with one attached hydrogen (secondary N) is 1. The molecule has 2 amide bonds. The minimum atomic E-state index is -0.0664. The van der Waals surface area contributed by atoms with Crippen molar-refractivity contribution in [3.05, 3.63) is 42.5 Å². The zero-order chi connectivity index (χ0) is 17.8. The number of hydrogen-bond acceptors (Lipinski definition) is 5. The van der Waals surface area contributed by atoms with Gasteiger partial charge in [0.15, 0.2) is 11.6 Å². The normalized spacial score (nSPS) is 19.8. The van der Waals surface area contributed by atoms with E-state index in [1.165, 1.54) is 12.8 Å². The summed E-state index contributed by atoms with van der Waals surface area (Å²) >= 11 is 0. The fraction of sp³-hybridized carbons (Fsp3) is 0.474. The predicted molar refractivity (Wildman–Crippen MR) is 97.2 cm³/mol. The number of hydrogen-bond donors (Lipinski definition) is 1. The standard InChI is InChI=1S/C19H24N4O3/c24-19(21-12-15-6-11-25-14-15)23-10-5-16(13-23)26-17-4-3-7-20-18(17)22-8-1-2-9-22/h3-4,6-7,11,14,16H,1-2,5,8-10,12-13H2,(H,21,24)/t16-/m1/s1. The van der Waals surface area contributed by atoms with Gasteiger partial charge in [-0.15, -0.1) is 0 Å². The first kappa shape index (κ1) is 16.8. The third-order valence-electron chi connectivity index (χ3n) is 4.91. The van der Waals surface area contributed by atoms with Gasteiger partial charge in [-0.1, -0.05) is 0 Å². The summed E-state index contributed by atoms with van der Waals surface area (Å²) in [7, 11) is 0. The van der Waals surface area contributed by atoms with E-state index in [1.54, 1.807) is 17.4 Å². The van der Waals surface area contributed by atoms with E-state index in [2.05, 4.69) is 15.2 Å². The molecule has 26 heavy (non-hydrogen) atoms. The number of ether oxygens (including phenoxy) is 1. The van der Waals surface area contributed by atoms with Gasteiger partial charge in [0, 0.05) is 44.4 Å². The van der Waals surface area contributed by atoms with Crippen LogP contribution >= 0.6 is 0 Å². The summed E-state index contributed by atoms with van der Waals surface area (Å²) in [5.41, 5.74) is 0.955. The molecule has 4 rings (SSSR count). The van der Waals surface area contributed by atoms with Crippen LogP contribution in [0.4, 0.5) is 10.6 Å². The minimum Gasteiger partial charge on any atom is -0.485 e. The average molecular weight is 356 g/mol. The molecule has 0 unspecified atom stereocenters. The van der Waals surface area contributed by atoms with E-state index < -0.39 is 0 Å². The van der Waals surface area contributed by atoms with Crippen LogP contribution in [0.25, 0.3) is 0 Å². The molecule has 2 aliphatic rings. The molecule has 0 radical (unpaired) electrons. The van der Waals surface area contributed by atoms with E-state index in [0.717, 1.165) is 36.6 Å². The third kappa shape index (κ3) is 3.76. The van der Waals surface area contributed by atoms with Gasteiger partial charge in [0.05, 0.1) is 19.1 Å². The van der Waals surface area contributed by atoms with Gasteiger partial charge in [-0.25, -0.2) is 9.78 Å². The molecule has 0 spiro atoms. The maximum Gasteiger partial charge on any atom is 0.317 e. The van der Waals surface area contributed by atoms with Crippen molar-refractivity contribution in [3.63, 3.8) is 0 Å². The second-order valence-electron chi connectivity index (χ2n) is 6.78. The average Bonchev–Trinajstić information content (AvgIpc) is 3.42. The van der Waals surface area contributed by atoms with Crippen LogP contribution in [-0.4, -0.2) is 48.2 Å². The maximum absolute atomic E-state index is 12.3. The molecule has 7 nitrogen and oxygen atoms in total. The maximum atomic E-state index is 12.3. The lowest BCUT2D eigenvalue weighted by molar-refractivity contribution is 0.186. The lowest BCUT2D eigenvalue weighted by Crippen LogP contribution is -2.39. The van der Waals surface area contributed by atoms with Crippen molar-refractivity contribution in [1.29, 1.82) is 0 Å². The van der Waals surface area contributed by atoms with Gasteiger partial charge < -0.3 is 24.3 Å². The Balaban J connectivity index is 1.32. The third-order valence-corrected chi connectivity index (χ3v) is 4.91. The molecule has 7 heteroatoms. The molecule has 0 aromatic carbocycles. The molecular weight excluding hydrogens is 332 g/mol. The highest BCUT2D eigenvalue weighted by molar-refractivity contribution is 5.74. The summed E-state index contributed by atoms with van der Waals surface area (Å²) in [6.45, 7) is 3.81. The first-order chi connectivity index (χ1) is 12.8. The van der Waals surface area contributed by atoms with E-state index in [-0.39, 0.29) is 12.1 Å². The molecule has 138 valence electrons. The SMILES string of the molecule is O=C(NCc1ccoc1)N1CC[C@@H](Oc2cccnc2N2CCCC2)C1. The highest BCUT2D eigenvalue weighted by Crippen LogP contribution is 2.30.